The maximum Gasteiger partial charge on any atom is 0.252 e. The van der Waals surface area contributed by atoms with Crippen LogP contribution in [0.5, 0.6) is 0 Å². The SMILES string of the molecule is CC(C)n1ncc2c(C(=O)NCC3=CCNCC3)cc(-c3ccccc3)nc21.Cl.Cl. The molecule has 160 valence electrons. The molecule has 0 radical (unpaired) electrons. The Morgan fingerprint density at radius 3 is 2.67 bits per heavy atom. The van der Waals surface area contributed by atoms with Crippen molar-refractivity contribution in [3.05, 3.63) is 59.8 Å². The first-order valence-electron chi connectivity index (χ1n) is 9.74. The summed E-state index contributed by atoms with van der Waals surface area (Å²) >= 11 is 0. The van der Waals surface area contributed by atoms with Crippen LogP contribution in [0.15, 0.2) is 54.2 Å². The summed E-state index contributed by atoms with van der Waals surface area (Å²) in [6, 6.07) is 12.0. The Balaban J connectivity index is 0.00000160. The van der Waals surface area contributed by atoms with Crippen LogP contribution in [0, 0.1) is 0 Å². The van der Waals surface area contributed by atoms with Crippen LogP contribution in [-0.2, 0) is 0 Å². The van der Waals surface area contributed by atoms with E-state index in [1.54, 1.807) is 6.20 Å². The number of amides is 1. The summed E-state index contributed by atoms with van der Waals surface area (Å²) in [4.78, 5) is 17.9. The molecule has 1 aliphatic heterocycles. The highest BCUT2D eigenvalue weighted by atomic mass is 35.5. The third-order valence-electron chi connectivity index (χ3n) is 5.00. The number of benzene rings is 1. The van der Waals surface area contributed by atoms with Gasteiger partial charge in [-0.25, -0.2) is 9.67 Å². The van der Waals surface area contributed by atoms with Crippen LogP contribution in [0.1, 0.15) is 36.7 Å². The van der Waals surface area contributed by atoms with Crippen LogP contribution in [-0.4, -0.2) is 40.3 Å². The van der Waals surface area contributed by atoms with E-state index in [-0.39, 0.29) is 36.8 Å². The van der Waals surface area contributed by atoms with Gasteiger partial charge in [0.05, 0.1) is 22.8 Å². The summed E-state index contributed by atoms with van der Waals surface area (Å²) in [5, 5.41) is 11.6. The number of hydrogen-bond donors (Lipinski definition) is 2. The van der Waals surface area contributed by atoms with Crippen LogP contribution in [0.25, 0.3) is 22.3 Å². The molecule has 6 nitrogen and oxygen atoms in total. The van der Waals surface area contributed by atoms with E-state index in [9.17, 15) is 4.79 Å². The molecule has 0 spiro atoms. The van der Waals surface area contributed by atoms with Crippen molar-refractivity contribution in [2.75, 3.05) is 19.6 Å². The molecular formula is C22H27Cl2N5O. The fourth-order valence-corrected chi connectivity index (χ4v) is 3.46. The number of rotatable bonds is 5. The lowest BCUT2D eigenvalue weighted by Crippen LogP contribution is -2.29. The van der Waals surface area contributed by atoms with Gasteiger partial charge in [0.25, 0.3) is 5.91 Å². The molecule has 3 aromatic rings. The third-order valence-corrected chi connectivity index (χ3v) is 5.00. The predicted octanol–water partition coefficient (Wildman–Crippen LogP) is 4.17. The summed E-state index contributed by atoms with van der Waals surface area (Å²) in [5.41, 5.74) is 4.38. The second kappa shape index (κ2) is 10.6. The van der Waals surface area contributed by atoms with Gasteiger partial charge in [-0.1, -0.05) is 42.0 Å². The first-order chi connectivity index (χ1) is 13.6. The van der Waals surface area contributed by atoms with Crippen LogP contribution in [0.2, 0.25) is 0 Å². The molecule has 0 bridgehead atoms. The average Bonchev–Trinajstić information content (AvgIpc) is 3.17. The number of carbonyl (C=O) groups is 1. The molecule has 3 heterocycles. The summed E-state index contributed by atoms with van der Waals surface area (Å²) in [6.07, 6.45) is 4.86. The van der Waals surface area contributed by atoms with Gasteiger partial charge < -0.3 is 10.6 Å². The van der Waals surface area contributed by atoms with Gasteiger partial charge in [-0.05, 0) is 32.9 Å². The molecule has 1 aromatic carbocycles. The Labute approximate surface area is 189 Å². The molecule has 0 atom stereocenters. The third kappa shape index (κ3) is 5.01. The van der Waals surface area contributed by atoms with Crippen LogP contribution < -0.4 is 10.6 Å². The minimum atomic E-state index is -0.0904. The molecule has 2 aromatic heterocycles. The molecule has 0 unspecified atom stereocenters. The first-order valence-corrected chi connectivity index (χ1v) is 9.74. The molecule has 8 heteroatoms. The molecule has 30 heavy (non-hydrogen) atoms. The lowest BCUT2D eigenvalue weighted by molar-refractivity contribution is 0.0958. The molecule has 0 aliphatic carbocycles. The molecule has 1 aliphatic rings. The fourth-order valence-electron chi connectivity index (χ4n) is 3.46. The van der Waals surface area contributed by atoms with Crippen molar-refractivity contribution in [2.45, 2.75) is 26.3 Å². The largest absolute Gasteiger partial charge is 0.348 e. The quantitative estimate of drug-likeness (QED) is 0.575. The van der Waals surface area contributed by atoms with Crippen LogP contribution >= 0.6 is 24.8 Å². The van der Waals surface area contributed by atoms with Gasteiger partial charge in [0.15, 0.2) is 5.65 Å². The predicted molar refractivity (Wildman–Crippen MR) is 126 cm³/mol. The van der Waals surface area contributed by atoms with Gasteiger partial charge in [-0.15, -0.1) is 24.8 Å². The standard InChI is InChI=1S/C22H25N5O.2ClH/c1-15(2)27-21-19(14-25-27)18(12-20(26-21)17-6-4-3-5-7-17)22(28)24-13-16-8-10-23-11-9-16;;/h3-8,12,14-15,23H,9-11,13H2,1-2H3,(H,24,28);2*1H. The van der Waals surface area contributed by atoms with Crippen molar-refractivity contribution in [1.82, 2.24) is 25.4 Å². The minimum Gasteiger partial charge on any atom is -0.348 e. The van der Waals surface area contributed by atoms with E-state index >= 15 is 0 Å². The summed E-state index contributed by atoms with van der Waals surface area (Å²) in [5.74, 6) is -0.0904. The number of nitrogens with zero attached hydrogens (tertiary/aromatic N) is 3. The highest BCUT2D eigenvalue weighted by molar-refractivity contribution is 6.06. The second-order valence-electron chi connectivity index (χ2n) is 7.34. The molecule has 0 fully saturated rings. The van der Waals surface area contributed by atoms with E-state index in [4.69, 9.17) is 4.98 Å². The number of nitrogens with one attached hydrogen (secondary N) is 2. The van der Waals surface area contributed by atoms with Crippen molar-refractivity contribution >= 4 is 41.8 Å². The van der Waals surface area contributed by atoms with Gasteiger partial charge in [-0.3, -0.25) is 4.79 Å². The van der Waals surface area contributed by atoms with Crippen molar-refractivity contribution in [3.8, 4) is 11.3 Å². The zero-order valence-electron chi connectivity index (χ0n) is 17.1. The van der Waals surface area contributed by atoms with E-state index in [2.05, 4.69) is 35.7 Å². The van der Waals surface area contributed by atoms with Gasteiger partial charge in [0.1, 0.15) is 0 Å². The molecule has 4 rings (SSSR count). The molecular weight excluding hydrogens is 421 g/mol. The topological polar surface area (TPSA) is 71.8 Å². The van der Waals surface area contributed by atoms with Crippen LogP contribution in [0.4, 0.5) is 0 Å². The zero-order chi connectivity index (χ0) is 19.5. The zero-order valence-corrected chi connectivity index (χ0v) is 18.7. The first kappa shape index (κ1) is 23.9. The Bertz CT molecular complexity index is 1030. The smallest absolute Gasteiger partial charge is 0.252 e. The van der Waals surface area contributed by atoms with Crippen molar-refractivity contribution in [2.24, 2.45) is 0 Å². The highest BCUT2D eigenvalue weighted by Gasteiger charge is 2.18. The van der Waals surface area contributed by atoms with E-state index in [1.165, 1.54) is 5.57 Å². The van der Waals surface area contributed by atoms with E-state index in [0.717, 1.165) is 41.8 Å². The summed E-state index contributed by atoms with van der Waals surface area (Å²) in [6.45, 7) is 6.52. The lowest BCUT2D eigenvalue weighted by atomic mass is 10.1. The van der Waals surface area contributed by atoms with E-state index < -0.39 is 0 Å². The monoisotopic (exact) mass is 447 g/mol. The summed E-state index contributed by atoms with van der Waals surface area (Å²) < 4.78 is 1.87. The maximum atomic E-state index is 13.0. The maximum absolute atomic E-state index is 13.0. The van der Waals surface area contributed by atoms with E-state index in [0.29, 0.717) is 12.1 Å². The number of fused-ring (bicyclic) bond motifs is 1. The molecule has 2 N–H and O–H groups in total. The number of halogens is 2. The molecule has 0 saturated heterocycles. The molecule has 0 saturated carbocycles. The number of aromatic nitrogens is 3. The Morgan fingerprint density at radius 2 is 2.00 bits per heavy atom. The van der Waals surface area contributed by atoms with Gasteiger partial charge in [0, 0.05) is 24.7 Å². The summed E-state index contributed by atoms with van der Waals surface area (Å²) in [7, 11) is 0. The van der Waals surface area contributed by atoms with Gasteiger partial charge >= 0.3 is 0 Å². The Morgan fingerprint density at radius 1 is 1.23 bits per heavy atom. The minimum absolute atomic E-state index is 0. The van der Waals surface area contributed by atoms with E-state index in [1.807, 2.05) is 41.1 Å². The normalized spacial score (nSPS) is 13.4. The van der Waals surface area contributed by atoms with Crippen LogP contribution in [0.3, 0.4) is 0 Å². The van der Waals surface area contributed by atoms with Gasteiger partial charge in [0.2, 0.25) is 0 Å². The Kier molecular flexibility index (Phi) is 8.41. The van der Waals surface area contributed by atoms with Crippen molar-refractivity contribution in [1.29, 1.82) is 0 Å². The molecule has 1 amide bonds. The highest BCUT2D eigenvalue weighted by Crippen LogP contribution is 2.26. The lowest BCUT2D eigenvalue weighted by Gasteiger charge is -2.15. The Hall–Kier alpha value is -2.41. The van der Waals surface area contributed by atoms with Crippen molar-refractivity contribution in [3.63, 3.8) is 0 Å². The number of pyridine rings is 1. The number of carbonyl (C=O) groups excluding carboxylic acids is 1. The second-order valence-corrected chi connectivity index (χ2v) is 7.34. The van der Waals surface area contributed by atoms with Crippen molar-refractivity contribution < 1.29 is 4.79 Å². The fraction of sp³-hybridized carbons (Fsp3) is 0.318. The van der Waals surface area contributed by atoms with Gasteiger partial charge in [-0.2, -0.15) is 5.10 Å². The number of hydrogen-bond acceptors (Lipinski definition) is 4. The average molecular weight is 448 g/mol.